The quantitative estimate of drug-likeness (QED) is 0.532. The molecule has 0 aliphatic heterocycles. The Morgan fingerprint density at radius 1 is 1.00 bits per heavy atom. The number of anilines is 1. The number of hydrogen-bond acceptors (Lipinski definition) is 5. The smallest absolute Gasteiger partial charge is 0.126 e. The normalized spacial score (nSPS) is 10.6. The molecular weight excluding hydrogens is 350 g/mol. The van der Waals surface area contributed by atoms with Crippen molar-refractivity contribution in [2.75, 3.05) is 19.0 Å². The van der Waals surface area contributed by atoms with Crippen molar-refractivity contribution in [3.05, 3.63) is 85.1 Å². The first kappa shape index (κ1) is 17.7. The van der Waals surface area contributed by atoms with E-state index in [1.54, 1.807) is 7.11 Å². The SMILES string of the molecule is COc1cccc(-n2cc(-c3ccnc(NCCc4ccncc4)c3)cn2)c1. The highest BCUT2D eigenvalue weighted by Crippen LogP contribution is 2.23. The van der Waals surface area contributed by atoms with Crippen LogP contribution in [-0.2, 0) is 6.42 Å². The van der Waals surface area contributed by atoms with E-state index >= 15 is 0 Å². The number of ether oxygens (including phenoxy) is 1. The van der Waals surface area contributed by atoms with Gasteiger partial charge in [0.1, 0.15) is 11.6 Å². The molecule has 0 fully saturated rings. The molecule has 4 rings (SSSR count). The Morgan fingerprint density at radius 3 is 2.75 bits per heavy atom. The second-order valence-electron chi connectivity index (χ2n) is 6.34. The molecule has 1 aromatic carbocycles. The van der Waals surface area contributed by atoms with E-state index in [0.717, 1.165) is 41.3 Å². The highest BCUT2D eigenvalue weighted by Gasteiger charge is 2.06. The Morgan fingerprint density at radius 2 is 1.89 bits per heavy atom. The molecular formula is C22H21N5O. The van der Waals surface area contributed by atoms with E-state index in [1.165, 1.54) is 5.56 Å². The zero-order valence-electron chi connectivity index (χ0n) is 15.6. The summed E-state index contributed by atoms with van der Waals surface area (Å²) in [6.45, 7) is 0.809. The molecule has 3 aromatic heterocycles. The predicted molar refractivity (Wildman–Crippen MR) is 110 cm³/mol. The van der Waals surface area contributed by atoms with Crippen molar-refractivity contribution in [1.29, 1.82) is 0 Å². The Kier molecular flexibility index (Phi) is 5.29. The first-order valence-electron chi connectivity index (χ1n) is 9.10. The van der Waals surface area contributed by atoms with Crippen LogP contribution in [0.4, 0.5) is 5.82 Å². The summed E-state index contributed by atoms with van der Waals surface area (Å²) in [6, 6.07) is 15.9. The van der Waals surface area contributed by atoms with Crippen molar-refractivity contribution in [1.82, 2.24) is 19.7 Å². The lowest BCUT2D eigenvalue weighted by molar-refractivity contribution is 0.414. The summed E-state index contributed by atoms with van der Waals surface area (Å²) < 4.78 is 7.13. The molecule has 0 aliphatic rings. The molecule has 4 aromatic rings. The van der Waals surface area contributed by atoms with Gasteiger partial charge in [0.05, 0.1) is 19.0 Å². The number of rotatable bonds is 7. The molecule has 0 aliphatic carbocycles. The molecule has 140 valence electrons. The summed E-state index contributed by atoms with van der Waals surface area (Å²) in [5.41, 5.74) is 4.30. The topological polar surface area (TPSA) is 64.9 Å². The number of methoxy groups -OCH3 is 1. The summed E-state index contributed by atoms with van der Waals surface area (Å²) in [7, 11) is 1.66. The molecule has 0 atom stereocenters. The van der Waals surface area contributed by atoms with E-state index in [9.17, 15) is 0 Å². The second kappa shape index (κ2) is 8.35. The first-order chi connectivity index (χ1) is 13.8. The molecule has 6 heteroatoms. The van der Waals surface area contributed by atoms with Crippen LogP contribution in [-0.4, -0.2) is 33.4 Å². The van der Waals surface area contributed by atoms with Crippen LogP contribution in [0.5, 0.6) is 5.75 Å². The standard InChI is InChI=1S/C22H21N5O/c1-28-21-4-2-3-20(14-21)27-16-19(15-26-27)18-8-12-25-22(13-18)24-11-7-17-5-9-23-10-6-17/h2-6,8-10,12-16H,7,11H2,1H3,(H,24,25). The van der Waals surface area contributed by atoms with Crippen LogP contribution >= 0.6 is 0 Å². The Balaban J connectivity index is 1.46. The maximum absolute atomic E-state index is 5.29. The third-order valence-corrected chi connectivity index (χ3v) is 4.46. The van der Waals surface area contributed by atoms with E-state index in [2.05, 4.69) is 20.4 Å². The van der Waals surface area contributed by atoms with Crippen molar-refractivity contribution in [2.24, 2.45) is 0 Å². The number of hydrogen-bond donors (Lipinski definition) is 1. The lowest BCUT2D eigenvalue weighted by Crippen LogP contribution is -2.06. The molecule has 28 heavy (non-hydrogen) atoms. The number of nitrogens with zero attached hydrogens (tertiary/aromatic N) is 4. The van der Waals surface area contributed by atoms with Gasteiger partial charge < -0.3 is 10.1 Å². The van der Waals surface area contributed by atoms with Gasteiger partial charge in [-0.3, -0.25) is 4.98 Å². The number of aromatic nitrogens is 4. The highest BCUT2D eigenvalue weighted by molar-refractivity contribution is 5.65. The number of nitrogens with one attached hydrogen (secondary N) is 1. The van der Waals surface area contributed by atoms with E-state index in [-0.39, 0.29) is 0 Å². The maximum atomic E-state index is 5.29. The van der Waals surface area contributed by atoms with E-state index in [4.69, 9.17) is 4.74 Å². The molecule has 3 heterocycles. The minimum absolute atomic E-state index is 0.805. The largest absolute Gasteiger partial charge is 0.497 e. The third-order valence-electron chi connectivity index (χ3n) is 4.46. The molecule has 0 bridgehead atoms. The Hall–Kier alpha value is -3.67. The fraction of sp³-hybridized carbons (Fsp3) is 0.136. The molecule has 0 radical (unpaired) electrons. The number of benzene rings is 1. The predicted octanol–water partition coefficient (Wildman–Crippen LogP) is 3.99. The van der Waals surface area contributed by atoms with Crippen LogP contribution in [0.25, 0.3) is 16.8 Å². The van der Waals surface area contributed by atoms with Gasteiger partial charge in [-0.1, -0.05) is 6.07 Å². The Labute approximate surface area is 163 Å². The monoisotopic (exact) mass is 371 g/mol. The van der Waals surface area contributed by atoms with Gasteiger partial charge >= 0.3 is 0 Å². The van der Waals surface area contributed by atoms with Gasteiger partial charge in [0.15, 0.2) is 0 Å². The van der Waals surface area contributed by atoms with Gasteiger partial charge in [0.2, 0.25) is 0 Å². The van der Waals surface area contributed by atoms with E-state index in [0.29, 0.717) is 0 Å². The Bertz CT molecular complexity index is 1050. The van der Waals surface area contributed by atoms with Crippen LogP contribution in [0.15, 0.2) is 79.5 Å². The average Bonchev–Trinajstić information content (AvgIpc) is 3.25. The third kappa shape index (κ3) is 4.17. The van der Waals surface area contributed by atoms with Gasteiger partial charge in [-0.2, -0.15) is 5.10 Å². The molecule has 0 saturated carbocycles. The van der Waals surface area contributed by atoms with Gasteiger partial charge in [-0.25, -0.2) is 9.67 Å². The fourth-order valence-corrected chi connectivity index (χ4v) is 2.96. The van der Waals surface area contributed by atoms with Crippen molar-refractivity contribution in [2.45, 2.75) is 6.42 Å². The maximum Gasteiger partial charge on any atom is 0.126 e. The molecule has 0 unspecified atom stereocenters. The van der Waals surface area contributed by atoms with Crippen LogP contribution in [0.2, 0.25) is 0 Å². The second-order valence-corrected chi connectivity index (χ2v) is 6.34. The van der Waals surface area contributed by atoms with Gasteiger partial charge in [0, 0.05) is 43.0 Å². The van der Waals surface area contributed by atoms with Crippen molar-refractivity contribution in [3.8, 4) is 22.6 Å². The summed E-state index contributed by atoms with van der Waals surface area (Å²) in [6.07, 6.45) is 10.2. The fourth-order valence-electron chi connectivity index (χ4n) is 2.96. The van der Waals surface area contributed by atoms with Crippen LogP contribution in [0.3, 0.4) is 0 Å². The summed E-state index contributed by atoms with van der Waals surface area (Å²) in [4.78, 5) is 8.46. The van der Waals surface area contributed by atoms with Crippen molar-refractivity contribution < 1.29 is 4.74 Å². The average molecular weight is 371 g/mol. The molecule has 6 nitrogen and oxygen atoms in total. The zero-order chi connectivity index (χ0) is 19.2. The molecule has 0 saturated heterocycles. The molecule has 0 spiro atoms. The van der Waals surface area contributed by atoms with Crippen LogP contribution in [0, 0.1) is 0 Å². The van der Waals surface area contributed by atoms with Gasteiger partial charge in [0.25, 0.3) is 0 Å². The summed E-state index contributed by atoms with van der Waals surface area (Å²) in [5.74, 6) is 1.65. The zero-order valence-corrected chi connectivity index (χ0v) is 15.6. The molecule has 1 N–H and O–H groups in total. The van der Waals surface area contributed by atoms with E-state index in [1.807, 2.05) is 84.2 Å². The summed E-state index contributed by atoms with van der Waals surface area (Å²) >= 11 is 0. The lowest BCUT2D eigenvalue weighted by atomic mass is 10.1. The number of pyridine rings is 2. The highest BCUT2D eigenvalue weighted by atomic mass is 16.5. The van der Waals surface area contributed by atoms with Crippen LogP contribution in [0.1, 0.15) is 5.56 Å². The molecule has 0 amide bonds. The van der Waals surface area contributed by atoms with Crippen molar-refractivity contribution >= 4 is 5.82 Å². The summed E-state index contributed by atoms with van der Waals surface area (Å²) in [5, 5.41) is 7.87. The lowest BCUT2D eigenvalue weighted by Gasteiger charge is -2.07. The minimum Gasteiger partial charge on any atom is -0.497 e. The first-order valence-corrected chi connectivity index (χ1v) is 9.10. The van der Waals surface area contributed by atoms with Crippen molar-refractivity contribution in [3.63, 3.8) is 0 Å². The van der Waals surface area contributed by atoms with Crippen LogP contribution < -0.4 is 10.1 Å². The van der Waals surface area contributed by atoms with Gasteiger partial charge in [-0.05, 0) is 53.9 Å². The van der Waals surface area contributed by atoms with Gasteiger partial charge in [-0.15, -0.1) is 0 Å². The van der Waals surface area contributed by atoms with E-state index < -0.39 is 0 Å². The minimum atomic E-state index is 0.805.